The van der Waals surface area contributed by atoms with Crippen LogP contribution in [0.2, 0.25) is 10.2 Å². The SMILES string of the molecule is CCC[C@@H](CCO[Si](c1ccccc1)(c1ccccc1)C(C)(C)C)Nc1nc(NC(=O)OC)nc2c(I)nn(Cc3nnc(Cl)cc3OC)c12. The van der Waals surface area contributed by atoms with E-state index in [1.807, 2.05) is 12.1 Å². The Kier molecular flexibility index (Phi) is 12.3. The Hall–Kier alpha value is -3.86. The molecule has 1 amide bonds. The fourth-order valence-electron chi connectivity index (χ4n) is 6.21. The van der Waals surface area contributed by atoms with Crippen LogP contribution in [0.1, 0.15) is 52.7 Å². The summed E-state index contributed by atoms with van der Waals surface area (Å²) in [5, 5.41) is 21.9. The van der Waals surface area contributed by atoms with Crippen molar-refractivity contribution in [2.45, 2.75) is 64.6 Å². The summed E-state index contributed by atoms with van der Waals surface area (Å²) in [6.07, 6.45) is 1.79. The number of nitrogens with one attached hydrogen (secondary N) is 2. The van der Waals surface area contributed by atoms with Gasteiger partial charge in [0, 0.05) is 18.7 Å². The number of ether oxygens (including phenoxy) is 2. The lowest BCUT2D eigenvalue weighted by atomic mass is 10.1. The van der Waals surface area contributed by atoms with Crippen molar-refractivity contribution in [1.29, 1.82) is 0 Å². The number of fused-ring (bicyclic) bond motifs is 1. The van der Waals surface area contributed by atoms with Gasteiger partial charge in [0.1, 0.15) is 26.2 Å². The molecule has 50 heavy (non-hydrogen) atoms. The zero-order chi connectivity index (χ0) is 35.9. The topological polar surface area (TPSA) is 138 Å². The molecule has 2 aromatic carbocycles. The van der Waals surface area contributed by atoms with Crippen molar-refractivity contribution in [2.24, 2.45) is 0 Å². The molecule has 0 radical (unpaired) electrons. The van der Waals surface area contributed by atoms with Gasteiger partial charge in [-0.15, -0.1) is 10.2 Å². The van der Waals surface area contributed by atoms with Crippen LogP contribution in [-0.2, 0) is 15.7 Å². The first kappa shape index (κ1) is 37.4. The van der Waals surface area contributed by atoms with Gasteiger partial charge in [-0.3, -0.25) is 10.00 Å². The third kappa shape index (κ3) is 8.19. The predicted molar refractivity (Wildman–Crippen MR) is 207 cm³/mol. The Morgan fingerprint density at radius 3 is 2.24 bits per heavy atom. The Balaban J connectivity index is 1.51. The Labute approximate surface area is 312 Å². The molecular formula is C35H42ClIN8O4Si. The first-order valence-electron chi connectivity index (χ1n) is 16.4. The van der Waals surface area contributed by atoms with Crippen molar-refractivity contribution in [2.75, 3.05) is 31.5 Å². The molecule has 0 saturated carbocycles. The number of rotatable bonds is 14. The zero-order valence-electron chi connectivity index (χ0n) is 29.0. The summed E-state index contributed by atoms with van der Waals surface area (Å²) in [6, 6.07) is 22.8. The van der Waals surface area contributed by atoms with Crippen LogP contribution in [0.15, 0.2) is 66.7 Å². The van der Waals surface area contributed by atoms with E-state index in [0.717, 1.165) is 12.8 Å². The average Bonchev–Trinajstić information content (AvgIpc) is 3.42. The van der Waals surface area contributed by atoms with E-state index in [2.05, 4.69) is 125 Å². The van der Waals surface area contributed by atoms with E-state index in [-0.39, 0.29) is 28.7 Å². The highest BCUT2D eigenvalue weighted by Crippen LogP contribution is 2.37. The molecule has 0 spiro atoms. The number of nitrogens with zero attached hydrogens (tertiary/aromatic N) is 6. The fourth-order valence-corrected chi connectivity index (χ4v) is 11.6. The molecule has 12 nitrogen and oxygen atoms in total. The van der Waals surface area contributed by atoms with Crippen LogP contribution in [0.25, 0.3) is 11.0 Å². The predicted octanol–water partition coefficient (Wildman–Crippen LogP) is 6.66. The normalized spacial score (nSPS) is 12.5. The molecular weight excluding hydrogens is 787 g/mol. The second kappa shape index (κ2) is 16.4. The number of hydrogen-bond donors (Lipinski definition) is 2. The number of benzene rings is 2. The Morgan fingerprint density at radius 2 is 1.66 bits per heavy atom. The summed E-state index contributed by atoms with van der Waals surface area (Å²) in [6.45, 7) is 9.70. The van der Waals surface area contributed by atoms with E-state index < -0.39 is 14.4 Å². The van der Waals surface area contributed by atoms with Crippen molar-refractivity contribution in [3.63, 3.8) is 0 Å². The number of hydrogen-bond acceptors (Lipinski definition) is 10. The summed E-state index contributed by atoms with van der Waals surface area (Å²) in [5.41, 5.74) is 1.72. The standard InChI is InChI=1S/C35H42ClIN8O4Si/c1-7-14-23(19-20-49-50(35(2,3)4,24-15-10-8-11-16-24)25-17-12-9-13-18-25)38-32-30-29(39-33(40-32)41-34(46)48-6)31(37)44-45(30)22-26-27(47-5)21-28(36)43-42-26/h8-13,15-18,21,23H,7,14,19-20,22H2,1-6H3,(H2,38,39,40,41,46)/t23-/m0/s1. The van der Waals surface area contributed by atoms with Gasteiger partial charge in [0.05, 0.1) is 20.8 Å². The number of anilines is 2. The van der Waals surface area contributed by atoms with Gasteiger partial charge in [0.2, 0.25) is 5.95 Å². The minimum atomic E-state index is -2.73. The zero-order valence-corrected chi connectivity index (χ0v) is 32.9. The average molecular weight is 829 g/mol. The van der Waals surface area contributed by atoms with Crippen LogP contribution < -0.4 is 25.7 Å². The molecule has 5 aromatic rings. The maximum absolute atomic E-state index is 12.2. The van der Waals surface area contributed by atoms with Crippen LogP contribution >= 0.6 is 34.2 Å². The van der Waals surface area contributed by atoms with E-state index >= 15 is 0 Å². The van der Waals surface area contributed by atoms with Crippen molar-refractivity contribution in [1.82, 2.24) is 29.9 Å². The van der Waals surface area contributed by atoms with Gasteiger partial charge in [-0.1, -0.05) is 106 Å². The fraction of sp³-hybridized carbons (Fsp3) is 0.371. The second-order valence-corrected chi connectivity index (χ2v) is 18.5. The van der Waals surface area contributed by atoms with E-state index in [1.165, 1.54) is 17.5 Å². The van der Waals surface area contributed by atoms with Crippen LogP contribution in [-0.4, -0.2) is 71.2 Å². The number of halogens is 2. The van der Waals surface area contributed by atoms with Gasteiger partial charge < -0.3 is 19.2 Å². The summed E-state index contributed by atoms with van der Waals surface area (Å²) < 4.78 is 20.0. The number of amides is 1. The second-order valence-electron chi connectivity index (χ2n) is 12.8. The van der Waals surface area contributed by atoms with Crippen LogP contribution in [0.4, 0.5) is 16.6 Å². The monoisotopic (exact) mass is 828 g/mol. The van der Waals surface area contributed by atoms with E-state index in [1.54, 1.807) is 17.9 Å². The van der Waals surface area contributed by atoms with Gasteiger partial charge in [0.25, 0.3) is 8.32 Å². The van der Waals surface area contributed by atoms with Gasteiger partial charge >= 0.3 is 6.09 Å². The summed E-state index contributed by atoms with van der Waals surface area (Å²) >= 11 is 8.21. The molecule has 0 aliphatic heterocycles. The third-order valence-electron chi connectivity index (χ3n) is 8.45. The molecule has 0 aliphatic rings. The highest BCUT2D eigenvalue weighted by Gasteiger charge is 2.50. The maximum Gasteiger partial charge on any atom is 0.413 e. The number of carbonyl (C=O) groups excluding carboxylic acids is 1. The van der Waals surface area contributed by atoms with Crippen LogP contribution in [0.5, 0.6) is 5.75 Å². The minimum Gasteiger partial charge on any atom is -0.495 e. The van der Waals surface area contributed by atoms with Crippen molar-refractivity contribution < 1.29 is 18.7 Å². The largest absolute Gasteiger partial charge is 0.495 e. The molecule has 0 saturated heterocycles. The lowest BCUT2D eigenvalue weighted by molar-refractivity contribution is 0.186. The molecule has 2 N–H and O–H groups in total. The first-order valence-corrected chi connectivity index (χ1v) is 19.7. The van der Waals surface area contributed by atoms with Gasteiger partial charge in [-0.2, -0.15) is 10.1 Å². The third-order valence-corrected chi connectivity index (χ3v) is 14.4. The van der Waals surface area contributed by atoms with Crippen LogP contribution in [0, 0.1) is 3.70 Å². The van der Waals surface area contributed by atoms with Gasteiger partial charge in [-0.05, 0) is 50.8 Å². The molecule has 5 rings (SSSR count). The molecule has 0 fully saturated rings. The maximum atomic E-state index is 12.2. The molecule has 0 unspecified atom stereocenters. The van der Waals surface area contributed by atoms with Gasteiger partial charge in [-0.25, -0.2) is 9.78 Å². The smallest absolute Gasteiger partial charge is 0.413 e. The summed E-state index contributed by atoms with van der Waals surface area (Å²) in [5.74, 6) is 1.07. The minimum absolute atomic E-state index is 0.0341. The molecule has 3 heterocycles. The quantitative estimate of drug-likeness (QED) is 0.0924. The first-order chi connectivity index (χ1) is 24.0. The summed E-state index contributed by atoms with van der Waals surface area (Å²) in [7, 11) is 0.106. The van der Waals surface area contributed by atoms with E-state index in [4.69, 9.17) is 35.6 Å². The van der Waals surface area contributed by atoms with Gasteiger partial charge in [0.15, 0.2) is 11.0 Å². The van der Waals surface area contributed by atoms with Crippen molar-refractivity contribution >= 4 is 81.8 Å². The number of carbonyl (C=O) groups is 1. The van der Waals surface area contributed by atoms with Crippen molar-refractivity contribution in [3.8, 4) is 5.75 Å². The van der Waals surface area contributed by atoms with E-state index in [9.17, 15) is 4.79 Å². The molecule has 264 valence electrons. The molecule has 0 bridgehead atoms. The molecule has 0 aliphatic carbocycles. The Morgan fingerprint density at radius 1 is 1.00 bits per heavy atom. The van der Waals surface area contributed by atoms with Crippen LogP contribution in [0.3, 0.4) is 0 Å². The molecule has 1 atom stereocenters. The highest BCUT2D eigenvalue weighted by molar-refractivity contribution is 14.1. The lowest BCUT2D eigenvalue weighted by Crippen LogP contribution is -2.66. The van der Waals surface area contributed by atoms with Crippen molar-refractivity contribution in [3.05, 3.63) is 81.3 Å². The summed E-state index contributed by atoms with van der Waals surface area (Å²) in [4.78, 5) is 21.6. The molecule has 15 heteroatoms. The lowest BCUT2D eigenvalue weighted by Gasteiger charge is -2.43. The van der Waals surface area contributed by atoms with E-state index in [0.29, 0.717) is 45.0 Å². The highest BCUT2D eigenvalue weighted by atomic mass is 127. The Bertz CT molecular complexity index is 1870. The molecule has 3 aromatic heterocycles. The number of methoxy groups -OCH3 is 2. The number of aromatic nitrogens is 6.